The Morgan fingerprint density at radius 2 is 2.00 bits per heavy atom. The average molecular weight is 602 g/mol. The lowest BCUT2D eigenvalue weighted by Crippen LogP contribution is -2.25. The molecule has 0 bridgehead atoms. The number of hydrogen-bond acceptors (Lipinski definition) is 10. The average Bonchev–Trinajstić information content (AvgIpc) is 3.60. The van der Waals surface area contributed by atoms with Crippen LogP contribution in [0.15, 0.2) is 64.5 Å². The van der Waals surface area contributed by atoms with Crippen LogP contribution in [0.4, 0.5) is 10.2 Å². The van der Waals surface area contributed by atoms with Crippen LogP contribution in [0.2, 0.25) is 0 Å². The number of carbonyl (C=O) groups is 1. The van der Waals surface area contributed by atoms with E-state index in [0.717, 1.165) is 5.56 Å². The fourth-order valence-electron chi connectivity index (χ4n) is 3.93. The van der Waals surface area contributed by atoms with Crippen LogP contribution in [0.1, 0.15) is 23.6 Å². The van der Waals surface area contributed by atoms with Gasteiger partial charge in [-0.1, -0.05) is 24.7 Å². The molecule has 0 saturated heterocycles. The summed E-state index contributed by atoms with van der Waals surface area (Å²) in [5, 5.41) is 27.2. The van der Waals surface area contributed by atoms with Crippen LogP contribution in [0, 0.1) is 5.41 Å². The summed E-state index contributed by atoms with van der Waals surface area (Å²) < 4.78 is 60.3. The lowest BCUT2D eigenvalue weighted by molar-refractivity contribution is -0.119. The maximum absolute atomic E-state index is 13.5. The minimum Gasteiger partial charge on any atom is -0.496 e. The summed E-state index contributed by atoms with van der Waals surface area (Å²) >= 11 is 0. The van der Waals surface area contributed by atoms with E-state index in [1.165, 1.54) is 25.4 Å². The van der Waals surface area contributed by atoms with Crippen LogP contribution in [0.25, 0.3) is 11.0 Å². The molecule has 1 amide bonds. The molecule has 0 unspecified atom stereocenters. The summed E-state index contributed by atoms with van der Waals surface area (Å²) in [5.74, 6) is -2.22. The number of hydrogen-bond donors (Lipinski definition) is 5. The number of rotatable bonds is 13. The minimum atomic E-state index is -4.27. The number of aromatic nitrogens is 3. The third-order valence-electron chi connectivity index (χ3n) is 5.99. The third kappa shape index (κ3) is 6.84. The number of nitrogens with one attached hydrogen (secondary N) is 4. The fraction of sp³-hybridized carbons (Fsp3) is 0.231. The van der Waals surface area contributed by atoms with Gasteiger partial charge >= 0.3 is 0 Å². The monoisotopic (exact) mass is 601 g/mol. The van der Waals surface area contributed by atoms with Crippen molar-refractivity contribution in [3.8, 4) is 11.5 Å². The van der Waals surface area contributed by atoms with Gasteiger partial charge in [-0.2, -0.15) is 5.10 Å². The summed E-state index contributed by atoms with van der Waals surface area (Å²) in [6.07, 6.45) is 3.74. The number of amides is 1. The molecule has 0 fully saturated rings. The molecule has 0 aliphatic heterocycles. The molecule has 16 heteroatoms. The van der Waals surface area contributed by atoms with Crippen molar-refractivity contribution in [2.45, 2.75) is 31.3 Å². The zero-order valence-electron chi connectivity index (χ0n) is 22.6. The molecule has 2 aromatic heterocycles. The number of anilines is 1. The topological polar surface area (TPSA) is 194 Å². The summed E-state index contributed by atoms with van der Waals surface area (Å²) in [5.41, 5.74) is 3.93. The van der Waals surface area contributed by atoms with E-state index in [9.17, 15) is 17.6 Å². The predicted octanol–water partition coefficient (Wildman–Crippen LogP) is 2.88. The van der Waals surface area contributed by atoms with Crippen molar-refractivity contribution in [1.82, 2.24) is 25.7 Å². The zero-order valence-corrected chi connectivity index (χ0v) is 23.4. The number of sulfonamides is 1. The van der Waals surface area contributed by atoms with Crippen molar-refractivity contribution in [3.63, 3.8) is 0 Å². The van der Waals surface area contributed by atoms with E-state index in [1.807, 2.05) is 6.92 Å². The molecule has 0 atom stereocenters. The molecule has 4 rings (SSSR count). The van der Waals surface area contributed by atoms with Crippen LogP contribution in [-0.4, -0.2) is 54.0 Å². The lowest BCUT2D eigenvalue weighted by atomic mass is 10.1. The molecule has 0 spiro atoms. The Kier molecular flexibility index (Phi) is 9.07. The Morgan fingerprint density at radius 3 is 2.69 bits per heavy atom. The molecular formula is C26H28FN7O7S. The number of nitrogens with zero attached hydrogens (tertiary/aromatic N) is 3. The highest BCUT2D eigenvalue weighted by atomic mass is 32.2. The zero-order chi connectivity index (χ0) is 30.4. The van der Waals surface area contributed by atoms with Gasteiger partial charge in [-0.3, -0.25) is 30.3 Å². The SMILES string of the molecule is C=C(F)C(=O)NCc1cnn(Cc2cc(OC)c3c(NS(=O)(=O)c4cc(CC)ccc4OCC(=N)NO)noc3c2)c1. The van der Waals surface area contributed by atoms with Gasteiger partial charge in [-0.15, -0.1) is 0 Å². The Hall–Kier alpha value is -4.96. The molecular weight excluding hydrogens is 573 g/mol. The van der Waals surface area contributed by atoms with E-state index in [1.54, 1.807) is 34.6 Å². The molecule has 0 radical (unpaired) electrons. The quantitative estimate of drug-likeness (QED) is 0.0658. The summed E-state index contributed by atoms with van der Waals surface area (Å²) in [6.45, 7) is 4.74. The molecule has 2 heterocycles. The van der Waals surface area contributed by atoms with E-state index in [0.29, 0.717) is 17.5 Å². The third-order valence-corrected chi connectivity index (χ3v) is 7.35. The first-order valence-electron chi connectivity index (χ1n) is 12.4. The first-order chi connectivity index (χ1) is 20.0. The lowest BCUT2D eigenvalue weighted by Gasteiger charge is -2.14. The van der Waals surface area contributed by atoms with Crippen LogP contribution in [-0.2, 0) is 34.3 Å². The van der Waals surface area contributed by atoms with Crippen molar-refractivity contribution in [3.05, 3.63) is 71.8 Å². The summed E-state index contributed by atoms with van der Waals surface area (Å²) in [6, 6.07) is 7.94. The second kappa shape index (κ2) is 12.7. The van der Waals surface area contributed by atoms with Gasteiger partial charge in [0.15, 0.2) is 23.1 Å². The van der Waals surface area contributed by atoms with Crippen LogP contribution in [0.5, 0.6) is 11.5 Å². The van der Waals surface area contributed by atoms with E-state index in [4.69, 9.17) is 24.6 Å². The summed E-state index contributed by atoms with van der Waals surface area (Å²) in [7, 11) is -2.86. The Labute approximate surface area is 239 Å². The van der Waals surface area contributed by atoms with Crippen LogP contribution in [0.3, 0.4) is 0 Å². The van der Waals surface area contributed by atoms with Gasteiger partial charge in [0.25, 0.3) is 15.9 Å². The second-order valence-corrected chi connectivity index (χ2v) is 10.6. The number of hydroxylamine groups is 1. The van der Waals surface area contributed by atoms with Crippen LogP contribution >= 0.6 is 0 Å². The molecule has 222 valence electrons. The highest BCUT2D eigenvalue weighted by molar-refractivity contribution is 7.92. The number of aryl methyl sites for hydroxylation is 1. The van der Waals surface area contributed by atoms with E-state index >= 15 is 0 Å². The van der Waals surface area contributed by atoms with Gasteiger partial charge in [-0.25, -0.2) is 12.8 Å². The molecule has 42 heavy (non-hydrogen) atoms. The molecule has 4 aromatic rings. The number of halogens is 1. The predicted molar refractivity (Wildman–Crippen MR) is 149 cm³/mol. The van der Waals surface area contributed by atoms with E-state index in [2.05, 4.69) is 26.9 Å². The minimum absolute atomic E-state index is 0.0328. The van der Waals surface area contributed by atoms with Crippen molar-refractivity contribution >= 4 is 38.6 Å². The fourth-order valence-corrected chi connectivity index (χ4v) is 5.13. The largest absolute Gasteiger partial charge is 0.496 e. The summed E-state index contributed by atoms with van der Waals surface area (Å²) in [4.78, 5) is 11.2. The molecule has 14 nitrogen and oxygen atoms in total. The maximum atomic E-state index is 13.5. The number of carbonyl (C=O) groups excluding carboxylic acids is 1. The number of methoxy groups -OCH3 is 1. The number of amidine groups is 1. The van der Waals surface area contributed by atoms with Crippen molar-refractivity contribution in [2.75, 3.05) is 18.4 Å². The molecule has 2 aromatic carbocycles. The molecule has 0 aliphatic carbocycles. The van der Waals surface area contributed by atoms with Gasteiger partial charge in [0.05, 0.1) is 19.9 Å². The highest BCUT2D eigenvalue weighted by Gasteiger charge is 2.25. The van der Waals surface area contributed by atoms with Crippen molar-refractivity contribution < 1.29 is 36.8 Å². The van der Waals surface area contributed by atoms with E-state index < -0.39 is 28.4 Å². The first kappa shape index (κ1) is 30.0. The smallest absolute Gasteiger partial charge is 0.279 e. The normalized spacial score (nSPS) is 11.2. The van der Waals surface area contributed by atoms with Gasteiger partial charge in [0, 0.05) is 18.3 Å². The maximum Gasteiger partial charge on any atom is 0.279 e. The first-order valence-corrected chi connectivity index (χ1v) is 13.9. The number of benzene rings is 2. The van der Waals surface area contributed by atoms with Gasteiger partial charge in [-0.05, 0) is 41.8 Å². The highest BCUT2D eigenvalue weighted by Crippen LogP contribution is 2.36. The molecule has 0 aliphatic rings. The Balaban J connectivity index is 1.59. The second-order valence-electron chi connectivity index (χ2n) is 8.96. The van der Waals surface area contributed by atoms with Crippen molar-refractivity contribution in [2.24, 2.45) is 0 Å². The molecule has 5 N–H and O–H groups in total. The Bertz CT molecular complexity index is 1750. The standard InChI is InChI=1S/C26H28FN7O7S/c1-4-16-5-6-19(40-14-23(28)31-36)22(9-16)42(37,38)33-25-24-20(39-3)7-17(8-21(24)41-32-25)12-34-13-18(11-30-34)10-29-26(35)15(2)27/h5-9,11,13,36H,2,4,10,12,14H2,1,3H3,(H2,28,31)(H,29,35)(H,32,33). The number of ether oxygens (including phenoxy) is 2. The van der Waals surface area contributed by atoms with Gasteiger partial charge in [0.1, 0.15) is 28.4 Å². The van der Waals surface area contributed by atoms with E-state index in [-0.39, 0.29) is 52.1 Å². The Morgan fingerprint density at radius 1 is 1.21 bits per heavy atom. The van der Waals surface area contributed by atoms with Crippen LogP contribution < -0.4 is 25.0 Å². The van der Waals surface area contributed by atoms with Gasteiger partial charge < -0.3 is 19.3 Å². The van der Waals surface area contributed by atoms with Crippen molar-refractivity contribution in [1.29, 1.82) is 5.41 Å². The molecule has 0 saturated carbocycles. The van der Waals surface area contributed by atoms with Gasteiger partial charge in [0.2, 0.25) is 0 Å². The number of fused-ring (bicyclic) bond motifs is 1.